The van der Waals surface area contributed by atoms with E-state index < -0.39 is 0 Å². The number of benzene rings is 2. The Morgan fingerprint density at radius 1 is 1.23 bits per heavy atom. The summed E-state index contributed by atoms with van der Waals surface area (Å²) in [4.78, 5) is 4.61. The number of nitrogens with one attached hydrogen (secondary N) is 1. The summed E-state index contributed by atoms with van der Waals surface area (Å²) in [7, 11) is 0. The van der Waals surface area contributed by atoms with Gasteiger partial charge in [-0.1, -0.05) is 35.4 Å². The fraction of sp³-hybridized carbons (Fsp3) is 0.200. The van der Waals surface area contributed by atoms with Gasteiger partial charge in [0.25, 0.3) is 0 Å². The van der Waals surface area contributed by atoms with Crippen LogP contribution in [-0.2, 0) is 0 Å². The molecule has 0 bridgehead atoms. The lowest BCUT2D eigenvalue weighted by molar-refractivity contribution is 0.340. The topological polar surface area (TPSA) is 46.5 Å². The average Bonchev–Trinajstić information content (AvgIpc) is 3.06. The van der Waals surface area contributed by atoms with Crippen LogP contribution in [0, 0.1) is 13.8 Å². The number of aromatic nitrogens is 1. The maximum Gasteiger partial charge on any atom is 0.203 e. The van der Waals surface area contributed by atoms with E-state index in [0.29, 0.717) is 17.4 Å². The van der Waals surface area contributed by atoms with Gasteiger partial charge in [-0.05, 0) is 50.1 Å². The molecule has 2 aromatic carbocycles. The highest BCUT2D eigenvalue weighted by Crippen LogP contribution is 2.28. The number of hydrogen-bond donors (Lipinski definition) is 1. The van der Waals surface area contributed by atoms with E-state index in [9.17, 15) is 0 Å². The van der Waals surface area contributed by atoms with Crippen LogP contribution in [0.5, 0.6) is 5.75 Å². The molecule has 0 unspecified atom stereocenters. The molecule has 0 spiro atoms. The standard InChI is InChI=1S/C20H20ClN3OS/c1-4-25-19-8-6-15(10-17(19)21)11-22-24-20-23-18(12-26-20)16-7-5-13(2)9-14(16)3/h5-12H,4H2,1-3H3,(H,23,24)/b22-11-. The predicted octanol–water partition coefficient (Wildman–Crippen LogP) is 5.93. The van der Waals surface area contributed by atoms with Crippen LogP contribution < -0.4 is 10.2 Å². The Kier molecular flexibility index (Phi) is 5.91. The van der Waals surface area contributed by atoms with Gasteiger partial charge in [-0.3, -0.25) is 5.43 Å². The molecule has 26 heavy (non-hydrogen) atoms. The van der Waals surface area contributed by atoms with E-state index in [2.05, 4.69) is 47.6 Å². The first-order chi connectivity index (χ1) is 12.6. The summed E-state index contributed by atoms with van der Waals surface area (Å²) < 4.78 is 5.43. The molecule has 1 heterocycles. The molecule has 4 nitrogen and oxygen atoms in total. The number of aryl methyl sites for hydroxylation is 2. The summed E-state index contributed by atoms with van der Waals surface area (Å²) in [6.45, 7) is 6.70. The van der Waals surface area contributed by atoms with Gasteiger partial charge in [0.1, 0.15) is 5.75 Å². The molecule has 0 atom stereocenters. The van der Waals surface area contributed by atoms with Gasteiger partial charge in [-0.25, -0.2) is 4.98 Å². The Balaban J connectivity index is 1.68. The van der Waals surface area contributed by atoms with Crippen LogP contribution in [0.25, 0.3) is 11.3 Å². The first-order valence-electron chi connectivity index (χ1n) is 8.31. The maximum absolute atomic E-state index is 6.18. The molecule has 0 radical (unpaired) electrons. The Bertz CT molecular complexity index is 937. The van der Waals surface area contributed by atoms with Crippen LogP contribution in [0.2, 0.25) is 5.02 Å². The molecule has 3 rings (SSSR count). The van der Waals surface area contributed by atoms with E-state index in [1.165, 1.54) is 22.5 Å². The molecule has 0 amide bonds. The lowest BCUT2D eigenvalue weighted by atomic mass is 10.0. The second kappa shape index (κ2) is 8.34. The number of hydrogen-bond acceptors (Lipinski definition) is 5. The van der Waals surface area contributed by atoms with Gasteiger partial charge < -0.3 is 4.74 Å². The molecule has 0 aliphatic rings. The van der Waals surface area contributed by atoms with Crippen molar-refractivity contribution in [3.05, 3.63) is 63.5 Å². The number of nitrogens with zero attached hydrogens (tertiary/aromatic N) is 2. The SMILES string of the molecule is CCOc1ccc(/C=N\Nc2nc(-c3ccc(C)cc3C)cs2)cc1Cl. The molecular weight excluding hydrogens is 366 g/mol. The van der Waals surface area contributed by atoms with E-state index >= 15 is 0 Å². The van der Waals surface area contributed by atoms with Crippen molar-refractivity contribution in [2.75, 3.05) is 12.0 Å². The molecule has 1 N–H and O–H groups in total. The Morgan fingerprint density at radius 3 is 2.81 bits per heavy atom. The number of thiazole rings is 1. The third kappa shape index (κ3) is 4.42. The largest absolute Gasteiger partial charge is 0.492 e. The van der Waals surface area contributed by atoms with Crippen LogP contribution in [0.15, 0.2) is 46.9 Å². The summed E-state index contributed by atoms with van der Waals surface area (Å²) in [5, 5.41) is 7.59. The number of anilines is 1. The fourth-order valence-electron chi connectivity index (χ4n) is 2.58. The number of halogens is 1. The number of hydrazone groups is 1. The fourth-order valence-corrected chi connectivity index (χ4v) is 3.48. The van der Waals surface area contributed by atoms with E-state index in [4.69, 9.17) is 16.3 Å². The normalized spacial score (nSPS) is 11.1. The molecule has 0 aliphatic carbocycles. The van der Waals surface area contributed by atoms with Gasteiger partial charge in [-0.15, -0.1) is 11.3 Å². The lowest BCUT2D eigenvalue weighted by Gasteiger charge is -2.05. The quantitative estimate of drug-likeness (QED) is 0.422. The minimum Gasteiger partial charge on any atom is -0.492 e. The van der Waals surface area contributed by atoms with Crippen LogP contribution in [0.4, 0.5) is 5.13 Å². The Morgan fingerprint density at radius 2 is 2.08 bits per heavy atom. The van der Waals surface area contributed by atoms with Crippen molar-refractivity contribution in [2.45, 2.75) is 20.8 Å². The van der Waals surface area contributed by atoms with Crippen LogP contribution >= 0.6 is 22.9 Å². The summed E-state index contributed by atoms with van der Waals surface area (Å²) >= 11 is 7.71. The zero-order valence-corrected chi connectivity index (χ0v) is 16.5. The highest BCUT2D eigenvalue weighted by molar-refractivity contribution is 7.14. The van der Waals surface area contributed by atoms with Crippen molar-refractivity contribution in [3.8, 4) is 17.0 Å². The lowest BCUT2D eigenvalue weighted by Crippen LogP contribution is -1.94. The summed E-state index contributed by atoms with van der Waals surface area (Å²) in [6, 6.07) is 11.9. The first-order valence-corrected chi connectivity index (χ1v) is 9.57. The number of ether oxygens (including phenoxy) is 1. The Hall–Kier alpha value is -2.37. The van der Waals surface area contributed by atoms with Crippen molar-refractivity contribution in [1.82, 2.24) is 4.98 Å². The highest BCUT2D eigenvalue weighted by atomic mass is 35.5. The van der Waals surface area contributed by atoms with Gasteiger partial charge in [0.2, 0.25) is 5.13 Å². The van der Waals surface area contributed by atoms with Crippen molar-refractivity contribution in [2.24, 2.45) is 5.10 Å². The van der Waals surface area contributed by atoms with E-state index in [1.807, 2.05) is 30.5 Å². The average molecular weight is 386 g/mol. The van der Waals surface area contributed by atoms with Gasteiger partial charge in [0, 0.05) is 10.9 Å². The van der Waals surface area contributed by atoms with Crippen molar-refractivity contribution < 1.29 is 4.74 Å². The molecule has 0 fully saturated rings. The van der Waals surface area contributed by atoms with E-state index in [0.717, 1.165) is 22.0 Å². The predicted molar refractivity (Wildman–Crippen MR) is 111 cm³/mol. The molecule has 134 valence electrons. The van der Waals surface area contributed by atoms with E-state index in [1.54, 1.807) is 6.21 Å². The molecule has 0 saturated heterocycles. The van der Waals surface area contributed by atoms with Crippen LogP contribution in [0.3, 0.4) is 0 Å². The third-order valence-corrected chi connectivity index (χ3v) is 4.83. The van der Waals surface area contributed by atoms with Gasteiger partial charge >= 0.3 is 0 Å². The monoisotopic (exact) mass is 385 g/mol. The Labute approximate surface area is 162 Å². The third-order valence-electron chi connectivity index (χ3n) is 3.79. The molecule has 6 heteroatoms. The zero-order chi connectivity index (χ0) is 18.5. The molecular formula is C20H20ClN3OS. The molecule has 0 saturated carbocycles. The van der Waals surface area contributed by atoms with Gasteiger partial charge in [-0.2, -0.15) is 5.10 Å². The second-order valence-corrected chi connectivity index (χ2v) is 7.11. The summed E-state index contributed by atoms with van der Waals surface area (Å²) in [5.41, 5.74) is 8.42. The van der Waals surface area contributed by atoms with Crippen molar-refractivity contribution >= 4 is 34.3 Å². The highest BCUT2D eigenvalue weighted by Gasteiger charge is 2.07. The van der Waals surface area contributed by atoms with E-state index in [-0.39, 0.29) is 0 Å². The van der Waals surface area contributed by atoms with Crippen LogP contribution in [0.1, 0.15) is 23.6 Å². The van der Waals surface area contributed by atoms with Gasteiger partial charge in [0.15, 0.2) is 0 Å². The summed E-state index contributed by atoms with van der Waals surface area (Å²) in [5.74, 6) is 0.678. The minimum absolute atomic E-state index is 0.571. The second-order valence-electron chi connectivity index (χ2n) is 5.85. The van der Waals surface area contributed by atoms with Gasteiger partial charge in [0.05, 0.1) is 23.5 Å². The zero-order valence-electron chi connectivity index (χ0n) is 14.9. The molecule has 0 aliphatic heterocycles. The number of rotatable bonds is 6. The smallest absolute Gasteiger partial charge is 0.203 e. The maximum atomic E-state index is 6.18. The minimum atomic E-state index is 0.571. The molecule has 1 aromatic heterocycles. The van der Waals surface area contributed by atoms with Crippen molar-refractivity contribution in [1.29, 1.82) is 0 Å². The van der Waals surface area contributed by atoms with Crippen LogP contribution in [-0.4, -0.2) is 17.8 Å². The van der Waals surface area contributed by atoms with Crippen molar-refractivity contribution in [3.63, 3.8) is 0 Å². The molecule has 3 aromatic rings. The summed E-state index contributed by atoms with van der Waals surface area (Å²) in [6.07, 6.45) is 1.71. The first kappa shape index (κ1) is 18.4.